The summed E-state index contributed by atoms with van der Waals surface area (Å²) in [6.07, 6.45) is 1.62. The van der Waals surface area contributed by atoms with Crippen molar-refractivity contribution in [1.29, 1.82) is 0 Å². The monoisotopic (exact) mass is 445 g/mol. The maximum Gasteiger partial charge on any atom is 0.278 e. The van der Waals surface area contributed by atoms with Gasteiger partial charge >= 0.3 is 0 Å². The molecule has 8 heteroatoms. The third-order valence-corrected chi connectivity index (χ3v) is 5.25. The van der Waals surface area contributed by atoms with Crippen LogP contribution in [0.2, 0.25) is 0 Å². The zero-order valence-corrected chi connectivity index (χ0v) is 18.5. The number of nitrogens with zero attached hydrogens (tertiary/aromatic N) is 2. The number of methoxy groups -OCH3 is 3. The number of ether oxygens (including phenoxy) is 3. The summed E-state index contributed by atoms with van der Waals surface area (Å²) >= 11 is 0. The molecule has 4 rings (SSSR count). The molecule has 1 aliphatic rings. The molecule has 2 heterocycles. The van der Waals surface area contributed by atoms with E-state index in [1.807, 2.05) is 6.07 Å². The molecule has 2 amide bonds. The summed E-state index contributed by atoms with van der Waals surface area (Å²) in [5.74, 6) is 0.795. The van der Waals surface area contributed by atoms with Crippen LogP contribution in [0.5, 0.6) is 17.2 Å². The fourth-order valence-corrected chi connectivity index (χ4v) is 3.57. The summed E-state index contributed by atoms with van der Waals surface area (Å²) in [5.41, 5.74) is 2.20. The Morgan fingerprint density at radius 3 is 2.24 bits per heavy atom. The van der Waals surface area contributed by atoms with Crippen LogP contribution in [0.25, 0.3) is 5.57 Å². The highest BCUT2D eigenvalue weighted by atomic mass is 16.5. The Morgan fingerprint density at radius 2 is 1.61 bits per heavy atom. The van der Waals surface area contributed by atoms with Gasteiger partial charge in [0.2, 0.25) is 0 Å². The van der Waals surface area contributed by atoms with Gasteiger partial charge in [-0.05, 0) is 54.1 Å². The molecule has 2 aromatic carbocycles. The Morgan fingerprint density at radius 1 is 0.848 bits per heavy atom. The lowest BCUT2D eigenvalue weighted by atomic mass is 10.0. The van der Waals surface area contributed by atoms with Crippen LogP contribution in [0.4, 0.5) is 5.69 Å². The van der Waals surface area contributed by atoms with E-state index in [-0.39, 0.29) is 17.8 Å². The molecule has 0 atom stereocenters. The fourth-order valence-electron chi connectivity index (χ4n) is 3.57. The van der Waals surface area contributed by atoms with Gasteiger partial charge in [-0.2, -0.15) is 0 Å². The number of imide groups is 1. The third-order valence-electron chi connectivity index (χ3n) is 5.25. The van der Waals surface area contributed by atoms with E-state index in [2.05, 4.69) is 10.3 Å². The highest BCUT2D eigenvalue weighted by Crippen LogP contribution is 2.36. The Labute approximate surface area is 191 Å². The number of rotatable bonds is 8. The summed E-state index contributed by atoms with van der Waals surface area (Å²) in [5, 5.41) is 3.12. The number of carbonyl (C=O) groups is 2. The van der Waals surface area contributed by atoms with Gasteiger partial charge in [0.25, 0.3) is 11.8 Å². The van der Waals surface area contributed by atoms with E-state index in [0.717, 1.165) is 0 Å². The minimum absolute atomic E-state index is 0.0586. The second kappa shape index (κ2) is 9.44. The number of pyridine rings is 1. The van der Waals surface area contributed by atoms with Crippen molar-refractivity contribution in [2.75, 3.05) is 26.6 Å². The molecule has 0 unspecified atom stereocenters. The summed E-state index contributed by atoms with van der Waals surface area (Å²) in [6.45, 7) is 0.0586. The van der Waals surface area contributed by atoms with Crippen LogP contribution < -0.4 is 19.5 Å². The quantitative estimate of drug-likeness (QED) is 0.531. The molecule has 168 valence electrons. The maximum absolute atomic E-state index is 13.5. The van der Waals surface area contributed by atoms with Gasteiger partial charge in [0.05, 0.1) is 39.1 Å². The second-order valence-electron chi connectivity index (χ2n) is 7.19. The lowest BCUT2D eigenvalue weighted by Gasteiger charge is -2.15. The normalized spacial score (nSPS) is 13.4. The van der Waals surface area contributed by atoms with E-state index < -0.39 is 11.8 Å². The average Bonchev–Trinajstić information content (AvgIpc) is 3.08. The Balaban J connectivity index is 1.76. The predicted molar refractivity (Wildman–Crippen MR) is 123 cm³/mol. The van der Waals surface area contributed by atoms with E-state index in [0.29, 0.717) is 34.2 Å². The minimum atomic E-state index is -0.439. The molecule has 1 aliphatic heterocycles. The first-order chi connectivity index (χ1) is 16.0. The van der Waals surface area contributed by atoms with Crippen LogP contribution >= 0.6 is 0 Å². The Bertz CT molecular complexity index is 1210. The molecule has 0 aliphatic carbocycles. The minimum Gasteiger partial charge on any atom is -0.497 e. The smallest absolute Gasteiger partial charge is 0.278 e. The van der Waals surface area contributed by atoms with E-state index in [9.17, 15) is 9.59 Å². The lowest BCUT2D eigenvalue weighted by molar-refractivity contribution is -0.137. The first kappa shape index (κ1) is 21.9. The molecule has 3 aromatic rings. The van der Waals surface area contributed by atoms with Crippen LogP contribution in [0.1, 0.15) is 11.3 Å². The van der Waals surface area contributed by atoms with Gasteiger partial charge in [0, 0.05) is 11.9 Å². The topological polar surface area (TPSA) is 90.0 Å². The predicted octanol–water partition coefficient (Wildman–Crippen LogP) is 3.50. The maximum atomic E-state index is 13.5. The van der Waals surface area contributed by atoms with Crippen molar-refractivity contribution >= 4 is 23.1 Å². The van der Waals surface area contributed by atoms with Gasteiger partial charge in [-0.1, -0.05) is 12.1 Å². The number of aromatic nitrogens is 1. The van der Waals surface area contributed by atoms with Crippen molar-refractivity contribution in [3.05, 3.63) is 83.8 Å². The van der Waals surface area contributed by atoms with Crippen molar-refractivity contribution in [3.63, 3.8) is 0 Å². The number of hydrogen-bond donors (Lipinski definition) is 1. The summed E-state index contributed by atoms with van der Waals surface area (Å²) in [4.78, 5) is 32.3. The van der Waals surface area contributed by atoms with Crippen molar-refractivity contribution in [1.82, 2.24) is 9.88 Å². The van der Waals surface area contributed by atoms with Gasteiger partial charge < -0.3 is 19.5 Å². The molecule has 0 fully saturated rings. The first-order valence-corrected chi connectivity index (χ1v) is 10.2. The SMILES string of the molecule is COc1ccc(NC2=C(c3ccc(OC)c(OC)c3)C(=O)N(Cc3ccccn3)C2=O)cc1. The molecule has 0 bridgehead atoms. The van der Waals surface area contributed by atoms with E-state index in [4.69, 9.17) is 14.2 Å². The van der Waals surface area contributed by atoms with Crippen molar-refractivity contribution < 1.29 is 23.8 Å². The second-order valence-corrected chi connectivity index (χ2v) is 7.19. The van der Waals surface area contributed by atoms with E-state index >= 15 is 0 Å². The summed E-state index contributed by atoms with van der Waals surface area (Å²) in [6, 6.07) is 17.6. The number of nitrogens with one attached hydrogen (secondary N) is 1. The van der Waals surface area contributed by atoms with Crippen LogP contribution in [0.3, 0.4) is 0 Å². The Kier molecular flexibility index (Phi) is 6.26. The largest absolute Gasteiger partial charge is 0.497 e. The van der Waals surface area contributed by atoms with Gasteiger partial charge in [-0.25, -0.2) is 0 Å². The zero-order chi connectivity index (χ0) is 23.4. The van der Waals surface area contributed by atoms with Crippen LogP contribution in [-0.4, -0.2) is 43.0 Å². The molecular weight excluding hydrogens is 422 g/mol. The highest BCUT2D eigenvalue weighted by molar-refractivity contribution is 6.36. The van der Waals surface area contributed by atoms with Gasteiger partial charge in [-0.3, -0.25) is 19.5 Å². The molecule has 0 saturated carbocycles. The molecule has 8 nitrogen and oxygen atoms in total. The molecule has 0 spiro atoms. The molecule has 1 N–H and O–H groups in total. The zero-order valence-electron chi connectivity index (χ0n) is 18.5. The van der Waals surface area contributed by atoms with E-state index in [1.54, 1.807) is 67.9 Å². The Hall–Kier alpha value is -4.33. The molecule has 1 aromatic heterocycles. The molecule has 33 heavy (non-hydrogen) atoms. The molecular formula is C25H23N3O5. The standard InChI is InChI=1S/C25H23N3O5/c1-31-19-10-8-17(9-11-19)27-23-22(16-7-12-20(32-2)21(14-16)33-3)24(29)28(25(23)30)15-18-6-4-5-13-26-18/h4-14,27H,15H2,1-3H3. The van der Waals surface area contributed by atoms with Gasteiger partial charge in [-0.15, -0.1) is 0 Å². The lowest BCUT2D eigenvalue weighted by Crippen LogP contribution is -2.32. The van der Waals surface area contributed by atoms with Gasteiger partial charge in [0.1, 0.15) is 11.4 Å². The third kappa shape index (κ3) is 4.36. The summed E-state index contributed by atoms with van der Waals surface area (Å²) < 4.78 is 15.9. The van der Waals surface area contributed by atoms with E-state index in [1.165, 1.54) is 19.1 Å². The number of amides is 2. The highest BCUT2D eigenvalue weighted by Gasteiger charge is 2.39. The number of hydrogen-bond acceptors (Lipinski definition) is 7. The van der Waals surface area contributed by atoms with Crippen molar-refractivity contribution in [3.8, 4) is 17.2 Å². The summed E-state index contributed by atoms with van der Waals surface area (Å²) in [7, 11) is 4.63. The van der Waals surface area contributed by atoms with Crippen molar-refractivity contribution in [2.45, 2.75) is 6.54 Å². The average molecular weight is 445 g/mol. The number of carbonyl (C=O) groups excluding carboxylic acids is 2. The van der Waals surface area contributed by atoms with Crippen LogP contribution in [-0.2, 0) is 16.1 Å². The number of anilines is 1. The molecule has 0 saturated heterocycles. The van der Waals surface area contributed by atoms with Gasteiger partial charge in [0.15, 0.2) is 11.5 Å². The van der Waals surface area contributed by atoms with Crippen LogP contribution in [0.15, 0.2) is 72.6 Å². The number of benzene rings is 2. The molecule has 0 radical (unpaired) electrons. The fraction of sp³-hybridized carbons (Fsp3) is 0.160. The first-order valence-electron chi connectivity index (χ1n) is 10.2. The van der Waals surface area contributed by atoms with Crippen LogP contribution in [0, 0.1) is 0 Å². The van der Waals surface area contributed by atoms with Crippen molar-refractivity contribution in [2.24, 2.45) is 0 Å².